The lowest BCUT2D eigenvalue weighted by Crippen LogP contribution is -2.41. The lowest BCUT2D eigenvalue weighted by atomic mass is 10.1. The Bertz CT molecular complexity index is 418. The molecular formula is C13H18N2O2. The Morgan fingerprint density at radius 2 is 2.12 bits per heavy atom. The zero-order valence-corrected chi connectivity index (χ0v) is 10.5. The molecule has 92 valence electrons. The van der Waals surface area contributed by atoms with E-state index in [1.165, 1.54) is 0 Å². The number of fused-ring (bicyclic) bond motifs is 1. The van der Waals surface area contributed by atoms with Crippen LogP contribution in [0.2, 0.25) is 0 Å². The second-order valence-electron chi connectivity index (χ2n) is 4.43. The predicted molar refractivity (Wildman–Crippen MR) is 66.1 cm³/mol. The number of nitrogens with zero attached hydrogens (tertiary/aromatic N) is 2. The molecule has 1 heterocycles. The quantitative estimate of drug-likeness (QED) is 0.689. The summed E-state index contributed by atoms with van der Waals surface area (Å²) in [5.41, 5.74) is 1.07. The van der Waals surface area contributed by atoms with Gasteiger partial charge in [0.25, 0.3) is 0 Å². The number of para-hydroxylation sites is 1. The van der Waals surface area contributed by atoms with Gasteiger partial charge in [-0.05, 0) is 13.0 Å². The predicted octanol–water partition coefficient (Wildman–Crippen LogP) is 2.12. The number of amides is 2. The van der Waals surface area contributed by atoms with Crippen molar-refractivity contribution >= 4 is 6.03 Å². The van der Waals surface area contributed by atoms with Gasteiger partial charge in [-0.15, -0.1) is 0 Å². The Kier molecular flexibility index (Phi) is 3.22. The number of rotatable bonds is 0. The lowest BCUT2D eigenvalue weighted by molar-refractivity contribution is 0.148. The second-order valence-corrected chi connectivity index (χ2v) is 4.43. The summed E-state index contributed by atoms with van der Waals surface area (Å²) in [6, 6.07) is 7.97. The van der Waals surface area contributed by atoms with Gasteiger partial charge in [0, 0.05) is 19.7 Å². The van der Waals surface area contributed by atoms with E-state index in [1.54, 1.807) is 19.0 Å². The summed E-state index contributed by atoms with van der Waals surface area (Å²) in [6.07, 6.45) is 0. The van der Waals surface area contributed by atoms with Gasteiger partial charge >= 0.3 is 6.03 Å². The van der Waals surface area contributed by atoms with Crippen molar-refractivity contribution in [2.24, 2.45) is 0 Å². The van der Waals surface area contributed by atoms with E-state index in [0.717, 1.165) is 11.3 Å². The van der Waals surface area contributed by atoms with Crippen LogP contribution in [-0.4, -0.2) is 43.1 Å². The summed E-state index contributed by atoms with van der Waals surface area (Å²) in [6.45, 7) is 3.20. The van der Waals surface area contributed by atoms with Gasteiger partial charge in [-0.1, -0.05) is 18.2 Å². The van der Waals surface area contributed by atoms with Crippen molar-refractivity contribution in [1.29, 1.82) is 0 Å². The molecule has 0 aliphatic carbocycles. The Morgan fingerprint density at radius 1 is 1.41 bits per heavy atom. The molecule has 4 heteroatoms. The van der Waals surface area contributed by atoms with E-state index in [0.29, 0.717) is 13.2 Å². The minimum Gasteiger partial charge on any atom is -0.491 e. The maximum absolute atomic E-state index is 12.1. The van der Waals surface area contributed by atoms with Crippen LogP contribution >= 0.6 is 0 Å². The lowest BCUT2D eigenvalue weighted by Gasteiger charge is -2.29. The summed E-state index contributed by atoms with van der Waals surface area (Å²) < 4.78 is 5.67. The van der Waals surface area contributed by atoms with Gasteiger partial charge in [-0.3, -0.25) is 0 Å². The van der Waals surface area contributed by atoms with Crippen molar-refractivity contribution in [3.8, 4) is 5.75 Å². The normalized spacial score (nSPS) is 19.0. The molecule has 0 saturated carbocycles. The third-order valence-electron chi connectivity index (χ3n) is 3.05. The zero-order valence-electron chi connectivity index (χ0n) is 10.5. The molecule has 0 spiro atoms. The molecule has 0 aromatic heterocycles. The largest absolute Gasteiger partial charge is 0.491 e. The average molecular weight is 234 g/mol. The maximum atomic E-state index is 12.1. The maximum Gasteiger partial charge on any atom is 0.320 e. The van der Waals surface area contributed by atoms with Crippen LogP contribution in [0.5, 0.6) is 5.75 Å². The van der Waals surface area contributed by atoms with Gasteiger partial charge in [0.15, 0.2) is 0 Å². The minimum absolute atomic E-state index is 0.0257. The molecule has 0 N–H and O–H groups in total. The molecule has 2 amide bonds. The van der Waals surface area contributed by atoms with Crippen LogP contribution in [-0.2, 0) is 0 Å². The summed E-state index contributed by atoms with van der Waals surface area (Å²) in [4.78, 5) is 15.5. The molecular weight excluding hydrogens is 216 g/mol. The molecule has 1 atom stereocenters. The molecule has 2 rings (SSSR count). The molecule has 0 bridgehead atoms. The molecule has 17 heavy (non-hydrogen) atoms. The molecule has 0 radical (unpaired) electrons. The van der Waals surface area contributed by atoms with Crippen molar-refractivity contribution in [2.45, 2.75) is 13.0 Å². The van der Waals surface area contributed by atoms with Gasteiger partial charge in [0.05, 0.1) is 12.6 Å². The molecule has 1 aromatic rings. The van der Waals surface area contributed by atoms with Crippen LogP contribution < -0.4 is 4.74 Å². The number of ether oxygens (including phenoxy) is 1. The van der Waals surface area contributed by atoms with Crippen molar-refractivity contribution in [3.05, 3.63) is 29.8 Å². The van der Waals surface area contributed by atoms with Crippen LogP contribution in [0.25, 0.3) is 0 Å². The number of carbonyl (C=O) groups is 1. The molecule has 1 aliphatic rings. The van der Waals surface area contributed by atoms with Gasteiger partial charge in [-0.25, -0.2) is 4.79 Å². The molecule has 1 aromatic carbocycles. The monoisotopic (exact) mass is 234 g/mol. The first-order chi connectivity index (χ1) is 8.11. The van der Waals surface area contributed by atoms with Crippen molar-refractivity contribution in [1.82, 2.24) is 9.80 Å². The number of hydrogen-bond acceptors (Lipinski definition) is 2. The van der Waals surface area contributed by atoms with Gasteiger partial charge in [-0.2, -0.15) is 0 Å². The standard InChI is InChI=1S/C13H18N2O2/c1-10-11-6-4-5-7-12(11)17-9-8-15(10)13(16)14(2)3/h4-7,10H,8-9H2,1-3H3. The zero-order chi connectivity index (χ0) is 12.4. The molecule has 1 unspecified atom stereocenters. The minimum atomic E-state index is 0.0257. The van der Waals surface area contributed by atoms with Gasteiger partial charge in [0.1, 0.15) is 12.4 Å². The summed E-state index contributed by atoms with van der Waals surface area (Å²) in [5.74, 6) is 0.883. The first-order valence-corrected chi connectivity index (χ1v) is 5.81. The fourth-order valence-electron chi connectivity index (χ4n) is 2.09. The van der Waals surface area contributed by atoms with Gasteiger partial charge < -0.3 is 14.5 Å². The number of benzene rings is 1. The van der Waals surface area contributed by atoms with Crippen LogP contribution in [0.3, 0.4) is 0 Å². The van der Waals surface area contributed by atoms with Crippen molar-refractivity contribution in [2.75, 3.05) is 27.2 Å². The van der Waals surface area contributed by atoms with Crippen LogP contribution in [0.15, 0.2) is 24.3 Å². The molecule has 0 saturated heterocycles. The van der Waals surface area contributed by atoms with Crippen molar-refractivity contribution in [3.63, 3.8) is 0 Å². The van der Waals surface area contributed by atoms with E-state index in [2.05, 4.69) is 0 Å². The van der Waals surface area contributed by atoms with Crippen LogP contribution in [0.1, 0.15) is 18.5 Å². The van der Waals surface area contributed by atoms with Crippen LogP contribution in [0, 0.1) is 0 Å². The SMILES string of the molecule is CC1c2ccccc2OCCN1C(=O)N(C)C. The van der Waals surface area contributed by atoms with Crippen LogP contribution in [0.4, 0.5) is 4.79 Å². The first kappa shape index (κ1) is 11.8. The smallest absolute Gasteiger partial charge is 0.320 e. The highest BCUT2D eigenvalue weighted by atomic mass is 16.5. The Morgan fingerprint density at radius 3 is 2.82 bits per heavy atom. The highest BCUT2D eigenvalue weighted by molar-refractivity contribution is 5.74. The molecule has 1 aliphatic heterocycles. The summed E-state index contributed by atoms with van der Waals surface area (Å²) in [5, 5.41) is 0. The van der Waals surface area contributed by atoms with Crippen molar-refractivity contribution < 1.29 is 9.53 Å². The van der Waals surface area contributed by atoms with E-state index < -0.39 is 0 Å². The third-order valence-corrected chi connectivity index (χ3v) is 3.05. The van der Waals surface area contributed by atoms with Gasteiger partial charge in [0.2, 0.25) is 0 Å². The topological polar surface area (TPSA) is 32.8 Å². The number of carbonyl (C=O) groups excluding carboxylic acids is 1. The van der Waals surface area contributed by atoms with E-state index in [4.69, 9.17) is 4.74 Å². The third kappa shape index (κ3) is 2.20. The fourth-order valence-corrected chi connectivity index (χ4v) is 2.09. The average Bonchev–Trinajstić information content (AvgIpc) is 2.48. The Balaban J connectivity index is 2.32. The molecule has 0 fully saturated rings. The van der Waals surface area contributed by atoms with E-state index in [-0.39, 0.29) is 12.1 Å². The highest BCUT2D eigenvalue weighted by Gasteiger charge is 2.27. The number of urea groups is 1. The fraction of sp³-hybridized carbons (Fsp3) is 0.462. The first-order valence-electron chi connectivity index (χ1n) is 5.81. The highest BCUT2D eigenvalue weighted by Crippen LogP contribution is 2.31. The summed E-state index contributed by atoms with van der Waals surface area (Å²) >= 11 is 0. The Hall–Kier alpha value is -1.71. The molecule has 4 nitrogen and oxygen atoms in total. The van der Waals surface area contributed by atoms with E-state index in [1.807, 2.05) is 36.1 Å². The summed E-state index contributed by atoms with van der Waals surface area (Å²) in [7, 11) is 3.54. The van der Waals surface area contributed by atoms with E-state index >= 15 is 0 Å². The second kappa shape index (κ2) is 4.65. The van der Waals surface area contributed by atoms with E-state index in [9.17, 15) is 4.79 Å². The number of hydrogen-bond donors (Lipinski definition) is 0. The Labute approximate surface area is 102 Å².